The molecule has 0 aliphatic carbocycles. The lowest BCUT2D eigenvalue weighted by Crippen LogP contribution is -2.45. The Balaban J connectivity index is 1.50. The first kappa shape index (κ1) is 20.8. The smallest absolute Gasteiger partial charge is 0.275 e. The Hall–Kier alpha value is -3.09. The summed E-state index contributed by atoms with van der Waals surface area (Å²) in [6.45, 7) is 6.97. The van der Waals surface area contributed by atoms with Gasteiger partial charge >= 0.3 is 0 Å². The molecule has 2 aliphatic heterocycles. The number of aliphatic imine (C=N–C) groups is 1. The van der Waals surface area contributed by atoms with Crippen LogP contribution in [0.1, 0.15) is 43.2 Å². The van der Waals surface area contributed by atoms with Crippen molar-refractivity contribution >= 4 is 22.2 Å². The first-order valence-corrected chi connectivity index (χ1v) is 11.1. The van der Waals surface area contributed by atoms with Gasteiger partial charge in [-0.2, -0.15) is 5.10 Å². The van der Waals surface area contributed by atoms with Crippen molar-refractivity contribution in [3.05, 3.63) is 81.8 Å². The van der Waals surface area contributed by atoms with Gasteiger partial charge in [-0.25, -0.2) is 4.68 Å². The molecule has 0 N–H and O–H groups in total. The fourth-order valence-corrected chi connectivity index (χ4v) is 4.47. The van der Waals surface area contributed by atoms with E-state index in [0.717, 1.165) is 34.5 Å². The van der Waals surface area contributed by atoms with Crippen molar-refractivity contribution in [1.29, 1.82) is 0 Å². The number of hydrogen-bond donors (Lipinski definition) is 0. The van der Waals surface area contributed by atoms with Crippen molar-refractivity contribution in [2.45, 2.75) is 52.0 Å². The van der Waals surface area contributed by atoms with Gasteiger partial charge in [0.25, 0.3) is 5.56 Å². The van der Waals surface area contributed by atoms with Crippen molar-refractivity contribution in [3.63, 3.8) is 0 Å². The second kappa shape index (κ2) is 8.45. The molecule has 0 spiro atoms. The second-order valence-electron chi connectivity index (χ2n) is 8.50. The third-order valence-corrected chi connectivity index (χ3v) is 6.18. The second-order valence-corrected chi connectivity index (χ2v) is 8.50. The molecule has 2 aromatic carbocycles. The number of aryl methyl sites for hydroxylation is 1. The SMILES string of the molecule is C/C=C(\N=C(C)Cn1nc(C2OC3CCOC32)c2ccccc2c1=O)c1ccc(C)cc1. The Morgan fingerprint density at radius 3 is 2.66 bits per heavy atom. The summed E-state index contributed by atoms with van der Waals surface area (Å²) in [5.41, 5.74) is 4.57. The Morgan fingerprint density at radius 1 is 1.19 bits per heavy atom. The van der Waals surface area contributed by atoms with Crippen molar-refractivity contribution < 1.29 is 9.47 Å². The number of allylic oxidation sites excluding steroid dienone is 1. The van der Waals surface area contributed by atoms with E-state index in [0.29, 0.717) is 18.5 Å². The van der Waals surface area contributed by atoms with E-state index in [1.54, 1.807) is 0 Å². The summed E-state index contributed by atoms with van der Waals surface area (Å²) >= 11 is 0. The average Bonchev–Trinajstić information content (AvgIpc) is 3.16. The minimum Gasteiger partial charge on any atom is -0.372 e. The van der Waals surface area contributed by atoms with Gasteiger partial charge in [-0.05, 0) is 38.8 Å². The highest BCUT2D eigenvalue weighted by Crippen LogP contribution is 2.43. The molecule has 1 aromatic heterocycles. The lowest BCUT2D eigenvalue weighted by molar-refractivity contribution is -0.203. The molecule has 6 nitrogen and oxygen atoms in total. The van der Waals surface area contributed by atoms with Gasteiger partial charge in [-0.15, -0.1) is 0 Å². The van der Waals surface area contributed by atoms with Gasteiger partial charge < -0.3 is 9.47 Å². The van der Waals surface area contributed by atoms with Crippen molar-refractivity contribution in [2.24, 2.45) is 4.99 Å². The molecule has 0 radical (unpaired) electrons. The standard InChI is InChI=1S/C26H27N3O3/c1-4-21(18-11-9-16(2)10-12-18)27-17(3)15-29-26(30)20-8-6-5-7-19(20)23(28-29)25-24-22(32-25)13-14-31-24/h4-12,22,24-25H,13-15H2,1-3H3/b21-4-,27-17?. The fourth-order valence-electron chi connectivity index (χ4n) is 4.47. The molecule has 5 rings (SSSR count). The normalized spacial score (nSPS) is 23.3. The number of benzene rings is 2. The highest BCUT2D eigenvalue weighted by molar-refractivity contribution is 5.88. The highest BCUT2D eigenvalue weighted by atomic mass is 16.6. The average molecular weight is 430 g/mol. The van der Waals surface area contributed by atoms with Crippen LogP contribution in [0.5, 0.6) is 0 Å². The van der Waals surface area contributed by atoms with Gasteiger partial charge in [0.05, 0.1) is 23.7 Å². The number of hydrogen-bond acceptors (Lipinski definition) is 5. The van der Waals surface area contributed by atoms with Crippen molar-refractivity contribution in [1.82, 2.24) is 9.78 Å². The van der Waals surface area contributed by atoms with E-state index in [9.17, 15) is 4.79 Å². The van der Waals surface area contributed by atoms with Gasteiger partial charge in [0.1, 0.15) is 17.9 Å². The molecule has 2 saturated heterocycles. The number of rotatable bonds is 5. The topological polar surface area (TPSA) is 65.7 Å². The maximum atomic E-state index is 13.2. The molecule has 164 valence electrons. The molecule has 3 aromatic rings. The van der Waals surface area contributed by atoms with Gasteiger partial charge in [-0.1, -0.05) is 54.1 Å². The first-order valence-electron chi connectivity index (χ1n) is 11.1. The molecule has 3 unspecified atom stereocenters. The molecule has 2 fully saturated rings. The van der Waals surface area contributed by atoms with Gasteiger partial charge in [-0.3, -0.25) is 9.79 Å². The highest BCUT2D eigenvalue weighted by Gasteiger charge is 2.49. The van der Waals surface area contributed by atoms with Crippen LogP contribution in [-0.2, 0) is 16.0 Å². The van der Waals surface area contributed by atoms with Crippen LogP contribution in [0.15, 0.2) is 64.4 Å². The van der Waals surface area contributed by atoms with Gasteiger partial charge in [0.15, 0.2) is 0 Å². The van der Waals surface area contributed by atoms with E-state index < -0.39 is 0 Å². The molecule has 0 amide bonds. The number of nitrogens with zero attached hydrogens (tertiary/aromatic N) is 3. The third kappa shape index (κ3) is 3.70. The minimum atomic E-state index is -0.241. The summed E-state index contributed by atoms with van der Waals surface area (Å²) in [5, 5.41) is 6.21. The summed E-state index contributed by atoms with van der Waals surface area (Å²) in [7, 11) is 0. The van der Waals surface area contributed by atoms with Crippen LogP contribution >= 0.6 is 0 Å². The van der Waals surface area contributed by atoms with Crippen LogP contribution < -0.4 is 5.56 Å². The molecule has 6 heteroatoms. The lowest BCUT2D eigenvalue weighted by Gasteiger charge is -2.39. The van der Waals surface area contributed by atoms with Crippen LogP contribution in [-0.4, -0.2) is 34.3 Å². The largest absolute Gasteiger partial charge is 0.372 e. The summed E-state index contributed by atoms with van der Waals surface area (Å²) in [5.74, 6) is 0. The van der Waals surface area contributed by atoms with Crippen LogP contribution in [0, 0.1) is 6.92 Å². The molecular weight excluding hydrogens is 402 g/mol. The molecule has 2 aliphatic rings. The Kier molecular flexibility index (Phi) is 5.49. The van der Waals surface area contributed by atoms with Gasteiger partial charge in [0, 0.05) is 17.7 Å². The van der Waals surface area contributed by atoms with Crippen molar-refractivity contribution in [3.8, 4) is 0 Å². The van der Waals surface area contributed by atoms with E-state index in [2.05, 4.69) is 31.2 Å². The van der Waals surface area contributed by atoms with Crippen molar-refractivity contribution in [2.75, 3.05) is 6.61 Å². The van der Waals surface area contributed by atoms with E-state index in [4.69, 9.17) is 19.6 Å². The zero-order valence-electron chi connectivity index (χ0n) is 18.6. The van der Waals surface area contributed by atoms with E-state index >= 15 is 0 Å². The maximum Gasteiger partial charge on any atom is 0.275 e. The minimum absolute atomic E-state index is 0.0165. The van der Waals surface area contributed by atoms with Crippen LogP contribution in [0.2, 0.25) is 0 Å². The molecule has 3 heterocycles. The number of ether oxygens (including phenoxy) is 2. The number of fused-ring (bicyclic) bond motifs is 2. The summed E-state index contributed by atoms with van der Waals surface area (Å²) in [6.07, 6.45) is 2.81. The van der Waals surface area contributed by atoms with Gasteiger partial charge in [0.2, 0.25) is 0 Å². The predicted octanol–water partition coefficient (Wildman–Crippen LogP) is 4.46. The first-order chi connectivity index (χ1) is 15.5. The summed E-state index contributed by atoms with van der Waals surface area (Å²) < 4.78 is 13.4. The van der Waals surface area contributed by atoms with E-state index in [1.807, 2.05) is 44.2 Å². The monoisotopic (exact) mass is 429 g/mol. The maximum absolute atomic E-state index is 13.2. The van der Waals surface area contributed by atoms with E-state index in [1.165, 1.54) is 10.2 Å². The molecule has 32 heavy (non-hydrogen) atoms. The van der Waals surface area contributed by atoms with E-state index in [-0.39, 0.29) is 23.9 Å². The predicted molar refractivity (Wildman–Crippen MR) is 126 cm³/mol. The summed E-state index contributed by atoms with van der Waals surface area (Å²) in [4.78, 5) is 18.0. The van der Waals surface area contributed by atoms with Crippen LogP contribution in [0.25, 0.3) is 16.5 Å². The third-order valence-electron chi connectivity index (χ3n) is 6.18. The summed E-state index contributed by atoms with van der Waals surface area (Å²) in [6, 6.07) is 15.9. The zero-order valence-corrected chi connectivity index (χ0v) is 18.6. The zero-order chi connectivity index (χ0) is 22.2. The quantitative estimate of drug-likeness (QED) is 0.562. The Labute approximate surface area is 187 Å². The molecule has 0 saturated carbocycles. The fraction of sp³-hybridized carbons (Fsp3) is 0.346. The molecular formula is C26H27N3O3. The number of aromatic nitrogens is 2. The molecule has 3 atom stereocenters. The Bertz CT molecular complexity index is 1270. The van der Waals surface area contributed by atoms with Crippen LogP contribution in [0.3, 0.4) is 0 Å². The molecule has 0 bridgehead atoms. The van der Waals surface area contributed by atoms with Crippen LogP contribution in [0.4, 0.5) is 0 Å². The lowest BCUT2D eigenvalue weighted by atomic mass is 9.95. The Morgan fingerprint density at radius 2 is 1.94 bits per heavy atom.